The quantitative estimate of drug-likeness (QED) is 0.586. The fraction of sp³-hybridized carbons (Fsp3) is 0.429. The maximum Gasteiger partial charge on any atom is 0.303 e. The molecule has 0 radical (unpaired) electrons. The molecule has 3 aliphatic rings. The summed E-state index contributed by atoms with van der Waals surface area (Å²) in [7, 11) is 0. The second-order valence-electron chi connectivity index (χ2n) is 7.91. The second-order valence-corrected chi connectivity index (χ2v) is 7.91. The normalized spacial score (nSPS) is 21.0. The number of nitrogens with zero attached hydrogens (tertiary/aromatic N) is 3. The van der Waals surface area contributed by atoms with Crippen molar-refractivity contribution in [1.29, 1.82) is 0 Å². The van der Waals surface area contributed by atoms with Gasteiger partial charge in [0.25, 0.3) is 11.8 Å². The second kappa shape index (κ2) is 8.40. The van der Waals surface area contributed by atoms with Crippen LogP contribution >= 0.6 is 0 Å². The summed E-state index contributed by atoms with van der Waals surface area (Å²) in [5.41, 5.74) is 0.971. The van der Waals surface area contributed by atoms with Crippen LogP contribution in [0.25, 0.3) is 0 Å². The number of hydrogen-bond donors (Lipinski definition) is 2. The van der Waals surface area contributed by atoms with Gasteiger partial charge in [0.2, 0.25) is 17.7 Å². The number of carbonyl (C=O) groups excluding carboxylic acids is 5. The van der Waals surface area contributed by atoms with Crippen LogP contribution in [-0.2, 0) is 19.2 Å². The molecule has 2 saturated heterocycles. The molecule has 3 aliphatic heterocycles. The Morgan fingerprint density at radius 2 is 1.72 bits per heavy atom. The molecule has 2 fully saturated rings. The van der Waals surface area contributed by atoms with Gasteiger partial charge in [0.15, 0.2) is 0 Å². The Bertz CT molecular complexity index is 1030. The van der Waals surface area contributed by atoms with Crippen molar-refractivity contribution >= 4 is 41.2 Å². The molecule has 4 rings (SSSR count). The van der Waals surface area contributed by atoms with Gasteiger partial charge in [-0.15, -0.1) is 0 Å². The Balaban J connectivity index is 1.51. The lowest BCUT2D eigenvalue weighted by Crippen LogP contribution is -2.54. The highest BCUT2D eigenvalue weighted by Crippen LogP contribution is 2.34. The van der Waals surface area contributed by atoms with Gasteiger partial charge in [0.1, 0.15) is 6.04 Å². The zero-order chi connectivity index (χ0) is 23.0. The van der Waals surface area contributed by atoms with Gasteiger partial charge in [-0.1, -0.05) is 6.07 Å². The summed E-state index contributed by atoms with van der Waals surface area (Å²) in [5, 5.41) is 10.9. The molecule has 0 aliphatic carbocycles. The van der Waals surface area contributed by atoms with E-state index in [2.05, 4.69) is 5.32 Å². The largest absolute Gasteiger partial charge is 0.481 e. The topological polar surface area (TPSA) is 144 Å². The number of hydrogen-bond acceptors (Lipinski definition) is 7. The number of carboxylic acids is 1. The van der Waals surface area contributed by atoms with Crippen LogP contribution in [0.15, 0.2) is 18.2 Å². The number of anilines is 1. The molecule has 0 saturated carbocycles. The molecule has 32 heavy (non-hydrogen) atoms. The van der Waals surface area contributed by atoms with Crippen LogP contribution in [0.1, 0.15) is 46.4 Å². The Hall–Kier alpha value is -3.76. The summed E-state index contributed by atoms with van der Waals surface area (Å²) in [6, 6.07) is 3.89. The van der Waals surface area contributed by atoms with E-state index in [0.717, 1.165) is 4.90 Å². The summed E-state index contributed by atoms with van der Waals surface area (Å²) in [6.07, 6.45) is -0.154. The Morgan fingerprint density at radius 3 is 2.38 bits per heavy atom. The van der Waals surface area contributed by atoms with E-state index in [9.17, 15) is 28.8 Å². The number of benzene rings is 1. The molecule has 11 nitrogen and oxygen atoms in total. The summed E-state index contributed by atoms with van der Waals surface area (Å²) < 4.78 is 0. The van der Waals surface area contributed by atoms with E-state index in [4.69, 9.17) is 5.11 Å². The predicted octanol–water partition coefficient (Wildman–Crippen LogP) is -0.399. The highest BCUT2D eigenvalue weighted by molar-refractivity contribution is 6.25. The van der Waals surface area contributed by atoms with Crippen molar-refractivity contribution in [2.45, 2.75) is 31.7 Å². The Morgan fingerprint density at radius 1 is 1.00 bits per heavy atom. The smallest absolute Gasteiger partial charge is 0.303 e. The van der Waals surface area contributed by atoms with Crippen LogP contribution in [0.4, 0.5) is 5.69 Å². The number of amides is 5. The highest BCUT2D eigenvalue weighted by Gasteiger charge is 2.46. The molecule has 0 aromatic heterocycles. The minimum atomic E-state index is -1.03. The summed E-state index contributed by atoms with van der Waals surface area (Å²) >= 11 is 0. The van der Waals surface area contributed by atoms with E-state index >= 15 is 0 Å². The molecular formula is C21H22N4O7. The molecule has 2 N–H and O–H groups in total. The molecular weight excluding hydrogens is 420 g/mol. The van der Waals surface area contributed by atoms with E-state index in [1.165, 1.54) is 6.07 Å². The number of nitrogens with one attached hydrogen (secondary N) is 1. The fourth-order valence-corrected chi connectivity index (χ4v) is 4.33. The van der Waals surface area contributed by atoms with Crippen molar-refractivity contribution in [3.8, 4) is 0 Å². The fourth-order valence-electron chi connectivity index (χ4n) is 4.33. The maximum absolute atomic E-state index is 13.2. The molecule has 1 aromatic rings. The van der Waals surface area contributed by atoms with Gasteiger partial charge < -0.3 is 14.9 Å². The van der Waals surface area contributed by atoms with Crippen LogP contribution in [0, 0.1) is 0 Å². The van der Waals surface area contributed by atoms with Gasteiger partial charge in [0.05, 0.1) is 23.2 Å². The van der Waals surface area contributed by atoms with Crippen molar-refractivity contribution in [1.82, 2.24) is 15.1 Å². The number of piperazine rings is 1. The van der Waals surface area contributed by atoms with Crippen LogP contribution in [0.3, 0.4) is 0 Å². The van der Waals surface area contributed by atoms with Gasteiger partial charge in [-0.2, -0.15) is 0 Å². The molecule has 3 heterocycles. The first-order valence-corrected chi connectivity index (χ1v) is 10.4. The first-order valence-electron chi connectivity index (χ1n) is 10.4. The molecule has 5 amide bonds. The summed E-state index contributed by atoms with van der Waals surface area (Å²) in [5.74, 6) is -3.50. The van der Waals surface area contributed by atoms with Crippen molar-refractivity contribution in [3.05, 3.63) is 29.3 Å². The molecule has 0 spiro atoms. The molecule has 1 unspecified atom stereocenters. The van der Waals surface area contributed by atoms with E-state index in [1.807, 2.05) is 4.90 Å². The van der Waals surface area contributed by atoms with E-state index < -0.39 is 35.6 Å². The van der Waals surface area contributed by atoms with Crippen molar-refractivity contribution in [3.63, 3.8) is 0 Å². The van der Waals surface area contributed by atoms with Gasteiger partial charge in [-0.05, 0) is 18.6 Å². The Kier molecular flexibility index (Phi) is 5.64. The first-order chi connectivity index (χ1) is 15.3. The lowest BCUT2D eigenvalue weighted by Gasteiger charge is -2.36. The maximum atomic E-state index is 13.2. The predicted molar refractivity (Wildman–Crippen MR) is 109 cm³/mol. The number of piperidine rings is 1. The molecule has 0 bridgehead atoms. The molecule has 168 valence electrons. The van der Waals surface area contributed by atoms with E-state index in [0.29, 0.717) is 31.9 Å². The lowest BCUT2D eigenvalue weighted by molar-refractivity contribution is -0.141. The number of aliphatic carboxylic acids is 1. The highest BCUT2D eigenvalue weighted by atomic mass is 16.4. The van der Waals surface area contributed by atoms with E-state index in [1.54, 1.807) is 17.0 Å². The van der Waals surface area contributed by atoms with Crippen molar-refractivity contribution in [2.24, 2.45) is 0 Å². The number of fused-ring (bicyclic) bond motifs is 1. The molecule has 11 heteroatoms. The number of rotatable bonds is 5. The standard InChI is InChI=1S/C21H22N4O7/c26-15-5-4-14(19(30)22-15)25-20(31)12-2-1-3-13(18(12)21(25)32)23-8-10-24(11-9-23)16(27)6-7-17(28)29/h1-3,14H,4-11H2,(H,28,29)(H,22,26,30). The zero-order valence-corrected chi connectivity index (χ0v) is 17.2. The van der Waals surface area contributed by atoms with E-state index in [-0.39, 0.29) is 42.7 Å². The van der Waals surface area contributed by atoms with Gasteiger partial charge in [-0.3, -0.25) is 39.0 Å². The third-order valence-electron chi connectivity index (χ3n) is 5.97. The summed E-state index contributed by atoms with van der Waals surface area (Å²) in [4.78, 5) is 77.1. The minimum absolute atomic E-state index is 0.0501. The van der Waals surface area contributed by atoms with Gasteiger partial charge >= 0.3 is 5.97 Å². The Labute approximate surface area is 182 Å². The third-order valence-corrected chi connectivity index (χ3v) is 5.97. The number of imide groups is 2. The van der Waals surface area contributed by atoms with Crippen molar-refractivity contribution < 1.29 is 33.9 Å². The average Bonchev–Trinajstić information content (AvgIpc) is 3.03. The van der Waals surface area contributed by atoms with Crippen LogP contribution < -0.4 is 10.2 Å². The minimum Gasteiger partial charge on any atom is -0.481 e. The van der Waals surface area contributed by atoms with Crippen LogP contribution in [0.2, 0.25) is 0 Å². The average molecular weight is 442 g/mol. The van der Waals surface area contributed by atoms with Gasteiger partial charge in [0, 0.05) is 39.0 Å². The number of carboxylic acid groups (broad SMARTS) is 1. The van der Waals surface area contributed by atoms with Crippen molar-refractivity contribution in [2.75, 3.05) is 31.1 Å². The summed E-state index contributed by atoms with van der Waals surface area (Å²) in [6.45, 7) is 1.55. The first kappa shape index (κ1) is 21.5. The molecule has 1 aromatic carbocycles. The van der Waals surface area contributed by atoms with Crippen LogP contribution in [-0.4, -0.2) is 82.6 Å². The molecule has 1 atom stereocenters. The SMILES string of the molecule is O=C(O)CCC(=O)N1CCN(c2cccc3c2C(=O)N(C2CCC(=O)NC2=O)C3=O)CC1. The number of carbonyl (C=O) groups is 6. The zero-order valence-electron chi connectivity index (χ0n) is 17.2. The third kappa shape index (κ3) is 3.81. The van der Waals surface area contributed by atoms with Gasteiger partial charge in [-0.25, -0.2) is 0 Å². The lowest BCUT2D eigenvalue weighted by atomic mass is 10.0. The monoisotopic (exact) mass is 442 g/mol. The van der Waals surface area contributed by atoms with Crippen LogP contribution in [0.5, 0.6) is 0 Å².